The van der Waals surface area contributed by atoms with Crippen LogP contribution in [0.4, 0.5) is 0 Å². The predicted octanol–water partition coefficient (Wildman–Crippen LogP) is 3.51. The highest BCUT2D eigenvalue weighted by Crippen LogP contribution is 1.92. The highest BCUT2D eigenvalue weighted by atomic mass is 31.0. The number of aryl methyl sites for hydroxylation is 1. The van der Waals surface area contributed by atoms with E-state index in [0.29, 0.717) is 0 Å². The van der Waals surface area contributed by atoms with E-state index < -0.39 is 0 Å². The van der Waals surface area contributed by atoms with Gasteiger partial charge >= 0.3 is 0 Å². The van der Waals surface area contributed by atoms with Crippen molar-refractivity contribution in [2.45, 2.75) is 20.8 Å². The Morgan fingerprint density at radius 2 is 1.27 bits per heavy atom. The first-order chi connectivity index (χ1) is 5.39. The molecule has 0 spiro atoms. The van der Waals surface area contributed by atoms with Gasteiger partial charge in [0.15, 0.2) is 0 Å². The van der Waals surface area contributed by atoms with Crippen molar-refractivity contribution >= 4 is 9.24 Å². The standard InChI is InChI=1S/C7H8.C2H6.CH5P/c1-7-5-3-2-4-6-7;2*1-2/h2-6H,1H3;1-2H3;2H2,1H3. The maximum atomic E-state index is 2.42. The Kier molecular flexibility index (Phi) is 14.9. The largest absolute Gasteiger partial charge is 0.141 e. The molecule has 0 bridgehead atoms. The van der Waals surface area contributed by atoms with Crippen LogP contribution in [0.2, 0.25) is 0 Å². The molecular formula is C10H19P. The van der Waals surface area contributed by atoms with E-state index in [1.807, 2.05) is 38.7 Å². The van der Waals surface area contributed by atoms with Crippen LogP contribution in [-0.4, -0.2) is 6.66 Å². The summed E-state index contributed by atoms with van der Waals surface area (Å²) in [6.07, 6.45) is 0. The highest BCUT2D eigenvalue weighted by Gasteiger charge is 1.72. The van der Waals surface area contributed by atoms with Crippen molar-refractivity contribution in [2.75, 3.05) is 6.66 Å². The molecule has 0 aliphatic rings. The van der Waals surface area contributed by atoms with E-state index in [9.17, 15) is 0 Å². The average molecular weight is 170 g/mol. The highest BCUT2D eigenvalue weighted by molar-refractivity contribution is 7.15. The van der Waals surface area contributed by atoms with E-state index in [-0.39, 0.29) is 0 Å². The fourth-order valence-electron chi connectivity index (χ4n) is 0.534. The molecule has 0 nitrogen and oxygen atoms in total. The van der Waals surface area contributed by atoms with Crippen molar-refractivity contribution < 1.29 is 0 Å². The second-order valence-corrected chi connectivity index (χ2v) is 1.65. The number of rotatable bonds is 0. The molecule has 0 heterocycles. The van der Waals surface area contributed by atoms with Crippen molar-refractivity contribution in [3.63, 3.8) is 0 Å². The van der Waals surface area contributed by atoms with Gasteiger partial charge in [0.25, 0.3) is 0 Å². The summed E-state index contributed by atoms with van der Waals surface area (Å²) < 4.78 is 0. The zero-order valence-corrected chi connectivity index (χ0v) is 9.12. The van der Waals surface area contributed by atoms with Crippen molar-refractivity contribution in [3.8, 4) is 0 Å². The molecule has 0 amide bonds. The molecule has 0 saturated carbocycles. The van der Waals surface area contributed by atoms with Gasteiger partial charge in [0, 0.05) is 0 Å². The minimum absolute atomic E-state index is 1.32. The molecule has 0 fully saturated rings. The van der Waals surface area contributed by atoms with Crippen molar-refractivity contribution in [1.82, 2.24) is 0 Å². The summed E-state index contributed by atoms with van der Waals surface area (Å²) in [7, 11) is 2.42. The first-order valence-electron chi connectivity index (χ1n) is 3.99. The van der Waals surface area contributed by atoms with Crippen LogP contribution in [-0.2, 0) is 0 Å². The zero-order chi connectivity index (χ0) is 9.11. The molecule has 0 aromatic heterocycles. The molecule has 1 unspecified atom stereocenters. The Morgan fingerprint density at radius 1 is 0.909 bits per heavy atom. The second kappa shape index (κ2) is 12.3. The van der Waals surface area contributed by atoms with Crippen LogP contribution < -0.4 is 0 Å². The van der Waals surface area contributed by atoms with Crippen molar-refractivity contribution in [3.05, 3.63) is 35.9 Å². The molecule has 1 atom stereocenters. The maximum Gasteiger partial charge on any atom is -0.0398 e. The lowest BCUT2D eigenvalue weighted by atomic mass is 10.2. The van der Waals surface area contributed by atoms with E-state index in [0.717, 1.165) is 0 Å². The van der Waals surface area contributed by atoms with E-state index >= 15 is 0 Å². The predicted molar refractivity (Wildman–Crippen MR) is 58.2 cm³/mol. The summed E-state index contributed by atoms with van der Waals surface area (Å²) in [5.74, 6) is 0. The van der Waals surface area contributed by atoms with Crippen LogP contribution in [0.25, 0.3) is 0 Å². The van der Waals surface area contributed by atoms with Crippen LogP contribution in [0, 0.1) is 6.92 Å². The normalized spacial score (nSPS) is 6.64. The zero-order valence-electron chi connectivity index (χ0n) is 7.96. The molecule has 0 saturated heterocycles. The summed E-state index contributed by atoms with van der Waals surface area (Å²) in [5.41, 5.74) is 1.32. The van der Waals surface area contributed by atoms with Gasteiger partial charge in [-0.15, -0.1) is 9.24 Å². The Labute approximate surface area is 73.2 Å². The first kappa shape index (κ1) is 13.3. The van der Waals surface area contributed by atoms with E-state index in [4.69, 9.17) is 0 Å². The molecule has 1 aromatic rings. The Morgan fingerprint density at radius 3 is 1.45 bits per heavy atom. The molecule has 64 valence electrons. The SMILES string of the molecule is CC.CP.Cc1ccccc1. The molecule has 0 aliphatic heterocycles. The van der Waals surface area contributed by atoms with Gasteiger partial charge in [-0.1, -0.05) is 56.4 Å². The van der Waals surface area contributed by atoms with Gasteiger partial charge in [-0.05, 0) is 6.92 Å². The lowest BCUT2D eigenvalue weighted by Crippen LogP contribution is -1.62. The second-order valence-electron chi connectivity index (χ2n) is 1.65. The lowest BCUT2D eigenvalue weighted by molar-refractivity contribution is 1.48. The summed E-state index contributed by atoms with van der Waals surface area (Å²) in [4.78, 5) is 0. The third kappa shape index (κ3) is 9.65. The van der Waals surface area contributed by atoms with Crippen LogP contribution >= 0.6 is 9.24 Å². The number of hydrogen-bond acceptors (Lipinski definition) is 0. The fraction of sp³-hybridized carbons (Fsp3) is 0.400. The fourth-order valence-corrected chi connectivity index (χ4v) is 0.534. The Bertz CT molecular complexity index is 135. The van der Waals surface area contributed by atoms with E-state index in [2.05, 4.69) is 28.3 Å². The molecule has 0 N–H and O–H groups in total. The topological polar surface area (TPSA) is 0 Å². The molecule has 0 radical (unpaired) electrons. The van der Waals surface area contributed by atoms with Gasteiger partial charge < -0.3 is 0 Å². The van der Waals surface area contributed by atoms with Gasteiger partial charge in [-0.25, -0.2) is 0 Å². The van der Waals surface area contributed by atoms with Gasteiger partial charge in [-0.3, -0.25) is 0 Å². The van der Waals surface area contributed by atoms with Crippen LogP contribution in [0.1, 0.15) is 19.4 Å². The monoisotopic (exact) mass is 170 g/mol. The quantitative estimate of drug-likeness (QED) is 0.523. The Balaban J connectivity index is 0. The third-order valence-electron chi connectivity index (χ3n) is 0.940. The van der Waals surface area contributed by atoms with Gasteiger partial charge in [-0.2, -0.15) is 0 Å². The van der Waals surface area contributed by atoms with Crippen molar-refractivity contribution in [2.24, 2.45) is 0 Å². The lowest BCUT2D eigenvalue weighted by Gasteiger charge is -1.82. The van der Waals surface area contributed by atoms with E-state index in [1.54, 1.807) is 0 Å². The smallest absolute Gasteiger partial charge is 0.0398 e. The minimum Gasteiger partial charge on any atom is -0.141 e. The molecule has 1 aromatic carbocycles. The van der Waals surface area contributed by atoms with Crippen LogP contribution in [0.15, 0.2) is 30.3 Å². The Hall–Kier alpha value is -0.350. The van der Waals surface area contributed by atoms with Crippen LogP contribution in [0.3, 0.4) is 0 Å². The average Bonchev–Trinajstić information content (AvgIpc) is 2.13. The molecule has 1 rings (SSSR count). The maximum absolute atomic E-state index is 2.42. The summed E-state index contributed by atoms with van der Waals surface area (Å²) in [6.45, 7) is 8.00. The molecule has 11 heavy (non-hydrogen) atoms. The number of hydrogen-bond donors (Lipinski definition) is 0. The van der Waals surface area contributed by atoms with Gasteiger partial charge in [0.2, 0.25) is 0 Å². The van der Waals surface area contributed by atoms with Crippen molar-refractivity contribution in [1.29, 1.82) is 0 Å². The molecule has 0 aliphatic carbocycles. The summed E-state index contributed by atoms with van der Waals surface area (Å²) in [5, 5.41) is 0. The van der Waals surface area contributed by atoms with Gasteiger partial charge in [0.1, 0.15) is 0 Å². The summed E-state index contributed by atoms with van der Waals surface area (Å²) >= 11 is 0. The molecular weight excluding hydrogens is 151 g/mol. The third-order valence-corrected chi connectivity index (χ3v) is 0.940. The molecule has 1 heteroatoms. The summed E-state index contributed by atoms with van der Waals surface area (Å²) in [6, 6.07) is 10.3. The number of benzene rings is 1. The van der Waals surface area contributed by atoms with Gasteiger partial charge in [0.05, 0.1) is 0 Å². The van der Waals surface area contributed by atoms with Crippen LogP contribution in [0.5, 0.6) is 0 Å². The first-order valence-corrected chi connectivity index (χ1v) is 5.14. The minimum atomic E-state index is 1.32. The van der Waals surface area contributed by atoms with E-state index in [1.165, 1.54) is 5.56 Å².